The first kappa shape index (κ1) is 37.5. The highest BCUT2D eigenvalue weighted by molar-refractivity contribution is 5.94. The van der Waals surface area contributed by atoms with Crippen LogP contribution in [-0.2, 0) is 11.8 Å². The molecule has 1 N–H and O–H groups in total. The summed E-state index contributed by atoms with van der Waals surface area (Å²) >= 11 is 0. The van der Waals surface area contributed by atoms with Crippen LogP contribution in [0.3, 0.4) is 0 Å². The molecule has 294 valence electrons. The molecule has 0 radical (unpaired) electrons. The zero-order valence-corrected chi connectivity index (χ0v) is 34.6. The first-order valence-electron chi connectivity index (χ1n) is 21.4. The summed E-state index contributed by atoms with van der Waals surface area (Å²) in [6.45, 7) is 6.83. The molecule has 2 aromatic heterocycles. The van der Waals surface area contributed by atoms with Crippen molar-refractivity contribution in [3.8, 4) is 28.3 Å². The Labute approximate surface area is 354 Å². The van der Waals surface area contributed by atoms with Crippen molar-refractivity contribution < 1.29 is 0 Å². The normalized spacial score (nSPS) is 17.1. The Morgan fingerprint density at radius 1 is 0.667 bits per heavy atom. The van der Waals surface area contributed by atoms with Gasteiger partial charge in [0.2, 0.25) is 0 Å². The maximum absolute atomic E-state index is 5.06. The van der Waals surface area contributed by atoms with Crippen LogP contribution in [0, 0.1) is 0 Å². The largest absolute Gasteiger partial charge is 0.355 e. The number of hydrogen-bond acceptors (Lipinski definition) is 3. The second kappa shape index (κ2) is 15.8. The molecule has 4 heteroatoms. The van der Waals surface area contributed by atoms with E-state index in [0.29, 0.717) is 0 Å². The van der Waals surface area contributed by atoms with Crippen LogP contribution in [0.5, 0.6) is 0 Å². The maximum Gasteiger partial charge on any atom is 0.160 e. The van der Waals surface area contributed by atoms with Crippen molar-refractivity contribution in [3.05, 3.63) is 210 Å². The van der Waals surface area contributed by atoms with Crippen LogP contribution < -0.4 is 5.32 Å². The average Bonchev–Trinajstić information content (AvgIpc) is 3.63. The summed E-state index contributed by atoms with van der Waals surface area (Å²) in [7, 11) is 0. The molecule has 2 atom stereocenters. The Morgan fingerprint density at radius 3 is 2.25 bits per heavy atom. The van der Waals surface area contributed by atoms with Crippen LogP contribution in [0.2, 0.25) is 0 Å². The molecule has 7 aromatic rings. The topological polar surface area (TPSA) is 42.7 Å². The van der Waals surface area contributed by atoms with Gasteiger partial charge in [-0.1, -0.05) is 148 Å². The summed E-state index contributed by atoms with van der Waals surface area (Å²) in [6, 6.07) is 46.1. The van der Waals surface area contributed by atoms with Gasteiger partial charge in [-0.05, 0) is 114 Å². The number of allylic oxidation sites excluding steroid dienone is 9. The lowest BCUT2D eigenvalue weighted by Crippen LogP contribution is -2.11. The van der Waals surface area contributed by atoms with Gasteiger partial charge in [0, 0.05) is 51.1 Å². The maximum atomic E-state index is 5.06. The number of aromatic nitrogens is 3. The van der Waals surface area contributed by atoms with E-state index in [2.05, 4.69) is 195 Å². The molecule has 0 saturated heterocycles. The van der Waals surface area contributed by atoms with Crippen molar-refractivity contribution in [3.63, 3.8) is 0 Å². The molecule has 10 rings (SSSR count). The van der Waals surface area contributed by atoms with Crippen LogP contribution >= 0.6 is 0 Å². The smallest absolute Gasteiger partial charge is 0.160 e. The van der Waals surface area contributed by atoms with E-state index in [1.54, 1.807) is 0 Å². The lowest BCUT2D eigenvalue weighted by molar-refractivity contribution is 0.590. The predicted molar refractivity (Wildman–Crippen MR) is 252 cm³/mol. The molecule has 60 heavy (non-hydrogen) atoms. The number of nitrogens with zero attached hydrogens (tertiary/aromatic N) is 3. The molecule has 3 aliphatic carbocycles. The van der Waals surface area contributed by atoms with Crippen molar-refractivity contribution in [2.24, 2.45) is 0 Å². The average molecular weight is 779 g/mol. The SMILES string of the molecule is CC(C)(C)c1ccc(-n2c3c(c4cc(C5=CC(c6ccccc6Nc6ccc(-c7cc(C8C=CC=CC8)nc(-c8ccccc8)n7)cc6)CC=C5)ccc42)CCC=C3)cc1. The van der Waals surface area contributed by atoms with Crippen molar-refractivity contribution in [2.75, 3.05) is 5.32 Å². The van der Waals surface area contributed by atoms with Gasteiger partial charge in [-0.3, -0.25) is 0 Å². The molecule has 0 fully saturated rings. The van der Waals surface area contributed by atoms with E-state index in [9.17, 15) is 0 Å². The van der Waals surface area contributed by atoms with E-state index >= 15 is 0 Å². The number of para-hydroxylation sites is 1. The van der Waals surface area contributed by atoms with Crippen molar-refractivity contribution in [2.45, 2.75) is 63.7 Å². The second-order valence-electron chi connectivity index (χ2n) is 17.3. The van der Waals surface area contributed by atoms with Crippen molar-refractivity contribution >= 4 is 33.9 Å². The Kier molecular flexibility index (Phi) is 9.85. The summed E-state index contributed by atoms with van der Waals surface area (Å²) in [6.07, 6.45) is 24.5. The van der Waals surface area contributed by atoms with Crippen LogP contribution in [-0.4, -0.2) is 14.5 Å². The third-order valence-electron chi connectivity index (χ3n) is 12.3. The minimum Gasteiger partial charge on any atom is -0.355 e. The molecule has 0 amide bonds. The predicted octanol–water partition coefficient (Wildman–Crippen LogP) is 14.5. The molecule has 0 bridgehead atoms. The Hall–Kier alpha value is -6.78. The summed E-state index contributed by atoms with van der Waals surface area (Å²) in [5.41, 5.74) is 16.8. The summed E-state index contributed by atoms with van der Waals surface area (Å²) in [4.78, 5) is 10.1. The number of hydrogen-bond donors (Lipinski definition) is 1. The summed E-state index contributed by atoms with van der Waals surface area (Å²) < 4.78 is 2.46. The van der Waals surface area contributed by atoms with Crippen molar-refractivity contribution in [1.29, 1.82) is 0 Å². The van der Waals surface area contributed by atoms with E-state index in [0.717, 1.165) is 65.4 Å². The Morgan fingerprint density at radius 2 is 1.45 bits per heavy atom. The highest BCUT2D eigenvalue weighted by Gasteiger charge is 2.22. The van der Waals surface area contributed by atoms with Gasteiger partial charge in [0.1, 0.15) is 0 Å². The van der Waals surface area contributed by atoms with E-state index in [1.807, 2.05) is 18.2 Å². The van der Waals surface area contributed by atoms with Crippen LogP contribution in [0.15, 0.2) is 176 Å². The van der Waals surface area contributed by atoms with Gasteiger partial charge in [-0.15, -0.1) is 0 Å². The zero-order valence-electron chi connectivity index (χ0n) is 34.6. The molecule has 2 unspecified atom stereocenters. The Bertz CT molecular complexity index is 2860. The van der Waals surface area contributed by atoms with Gasteiger partial charge in [0.05, 0.1) is 16.9 Å². The quantitative estimate of drug-likeness (QED) is 0.167. The molecule has 0 spiro atoms. The molecule has 5 aromatic carbocycles. The lowest BCUT2D eigenvalue weighted by Gasteiger charge is -2.21. The summed E-state index contributed by atoms with van der Waals surface area (Å²) in [5.74, 6) is 1.23. The number of fused-ring (bicyclic) bond motifs is 3. The fraction of sp³-hybridized carbons (Fsp3) is 0.179. The molecule has 2 heterocycles. The van der Waals surface area contributed by atoms with Crippen LogP contribution in [0.1, 0.15) is 85.5 Å². The first-order valence-corrected chi connectivity index (χ1v) is 21.4. The van der Waals surface area contributed by atoms with E-state index < -0.39 is 0 Å². The van der Waals surface area contributed by atoms with Crippen LogP contribution in [0.4, 0.5) is 11.4 Å². The van der Waals surface area contributed by atoms with E-state index in [4.69, 9.17) is 9.97 Å². The third kappa shape index (κ3) is 7.39. The zero-order chi connectivity index (χ0) is 40.6. The molecule has 4 nitrogen and oxygen atoms in total. The molecular weight excluding hydrogens is 729 g/mol. The monoisotopic (exact) mass is 778 g/mol. The fourth-order valence-corrected chi connectivity index (χ4v) is 9.03. The van der Waals surface area contributed by atoms with Gasteiger partial charge >= 0.3 is 0 Å². The molecule has 0 aliphatic heterocycles. The second-order valence-corrected chi connectivity index (χ2v) is 17.3. The van der Waals surface area contributed by atoms with Crippen LogP contribution in [0.25, 0.3) is 50.9 Å². The number of aryl methyl sites for hydroxylation is 1. The number of nitrogens with one attached hydrogen (secondary N) is 1. The van der Waals surface area contributed by atoms with Gasteiger partial charge < -0.3 is 9.88 Å². The molecular formula is C56H50N4. The number of benzene rings is 5. The van der Waals surface area contributed by atoms with E-state index in [-0.39, 0.29) is 17.3 Å². The minimum absolute atomic E-state index is 0.120. The van der Waals surface area contributed by atoms with Gasteiger partial charge in [-0.2, -0.15) is 0 Å². The molecule has 3 aliphatic rings. The fourth-order valence-electron chi connectivity index (χ4n) is 9.03. The van der Waals surface area contributed by atoms with Gasteiger partial charge in [-0.25, -0.2) is 9.97 Å². The highest BCUT2D eigenvalue weighted by atomic mass is 15.0. The molecule has 0 saturated carbocycles. The van der Waals surface area contributed by atoms with Crippen molar-refractivity contribution in [1.82, 2.24) is 14.5 Å². The first-order chi connectivity index (χ1) is 29.4. The lowest BCUT2D eigenvalue weighted by atomic mass is 9.86. The standard InChI is InChI=1S/C56H50N4/c1-56(2,3)44-28-32-46(33-29-44)60-53-24-13-11-22-48(53)49-36-42(27-34-54(49)60)41-19-14-20-43(35-41)47-21-10-12-23-50(47)57-45-30-25-39(26-31-45)52-37-51(38-15-6-4-7-16-38)58-55(59-52)40-17-8-5-9-18-40/h4-10,12-15,17-19,21,23-38,43,57H,11,16,20,22H2,1-3H3. The third-order valence-corrected chi connectivity index (χ3v) is 12.3. The van der Waals surface area contributed by atoms with Gasteiger partial charge in [0.25, 0.3) is 0 Å². The Balaban J connectivity index is 0.927. The van der Waals surface area contributed by atoms with E-state index in [1.165, 1.54) is 50.1 Å². The number of rotatable bonds is 8. The highest BCUT2D eigenvalue weighted by Crippen LogP contribution is 2.40. The minimum atomic E-state index is 0.120. The number of anilines is 2. The van der Waals surface area contributed by atoms with Gasteiger partial charge in [0.15, 0.2) is 5.82 Å². The summed E-state index contributed by atoms with van der Waals surface area (Å²) in [5, 5.41) is 5.13.